The Kier molecular flexibility index (Phi) is 4.25. The van der Waals surface area contributed by atoms with Crippen LogP contribution in [0.3, 0.4) is 0 Å². The second-order valence-corrected chi connectivity index (χ2v) is 7.33. The molecule has 0 amide bonds. The minimum absolute atomic E-state index is 0.00897. The zero-order valence-electron chi connectivity index (χ0n) is 11.9. The molecule has 7 heteroatoms. The number of sulfonamides is 1. The lowest BCUT2D eigenvalue weighted by atomic mass is 9.77. The van der Waals surface area contributed by atoms with Crippen LogP contribution in [0.15, 0.2) is 29.2 Å². The Morgan fingerprint density at radius 1 is 1.29 bits per heavy atom. The maximum atomic E-state index is 11.6. The van der Waals surface area contributed by atoms with E-state index in [1.54, 1.807) is 12.1 Å². The van der Waals surface area contributed by atoms with Gasteiger partial charge in [-0.2, -0.15) is 0 Å². The fourth-order valence-electron chi connectivity index (χ4n) is 2.65. The van der Waals surface area contributed by atoms with E-state index in [-0.39, 0.29) is 4.90 Å². The van der Waals surface area contributed by atoms with E-state index in [1.807, 2.05) is 0 Å². The molecule has 0 heterocycles. The van der Waals surface area contributed by atoms with Gasteiger partial charge in [0.15, 0.2) is 0 Å². The number of nitrogens with one attached hydrogen (secondary N) is 1. The number of benzene rings is 1. The van der Waals surface area contributed by atoms with E-state index in [9.17, 15) is 18.3 Å². The van der Waals surface area contributed by atoms with E-state index in [4.69, 9.17) is 5.14 Å². The minimum Gasteiger partial charge on any atom is -0.480 e. The number of primary sulfonamides is 1. The van der Waals surface area contributed by atoms with Crippen molar-refractivity contribution in [2.45, 2.75) is 43.0 Å². The van der Waals surface area contributed by atoms with Crippen molar-refractivity contribution in [2.75, 3.05) is 5.32 Å². The topological polar surface area (TPSA) is 109 Å². The van der Waals surface area contributed by atoms with Crippen LogP contribution in [-0.2, 0) is 14.8 Å². The minimum atomic E-state index is -3.74. The van der Waals surface area contributed by atoms with Crippen molar-refractivity contribution in [2.24, 2.45) is 11.1 Å². The summed E-state index contributed by atoms with van der Waals surface area (Å²) in [6, 6.07) is 5.84. The van der Waals surface area contributed by atoms with Crippen molar-refractivity contribution >= 4 is 21.7 Å². The van der Waals surface area contributed by atoms with Crippen molar-refractivity contribution in [3.63, 3.8) is 0 Å². The van der Waals surface area contributed by atoms with Crippen LogP contribution < -0.4 is 10.5 Å². The van der Waals surface area contributed by atoms with E-state index in [0.29, 0.717) is 24.4 Å². The predicted molar refractivity (Wildman–Crippen MR) is 79.4 cm³/mol. The first-order valence-corrected chi connectivity index (χ1v) is 8.42. The maximum Gasteiger partial charge on any atom is 0.329 e. The SMILES string of the molecule is CC1CCC(Nc2ccc(S(N)(=O)=O)cc2)(C(=O)O)CC1. The first kappa shape index (κ1) is 15.8. The summed E-state index contributed by atoms with van der Waals surface area (Å²) in [5.74, 6) is -0.339. The Morgan fingerprint density at radius 3 is 2.24 bits per heavy atom. The Labute approximate surface area is 124 Å². The molecule has 0 spiro atoms. The number of rotatable bonds is 4. The molecule has 0 aliphatic heterocycles. The van der Waals surface area contributed by atoms with Crippen molar-refractivity contribution in [3.05, 3.63) is 24.3 Å². The highest BCUT2D eigenvalue weighted by Crippen LogP contribution is 2.35. The fourth-order valence-corrected chi connectivity index (χ4v) is 3.17. The summed E-state index contributed by atoms with van der Waals surface area (Å²) in [4.78, 5) is 11.6. The molecule has 1 aromatic rings. The zero-order chi connectivity index (χ0) is 15.7. The molecule has 1 aliphatic rings. The zero-order valence-corrected chi connectivity index (χ0v) is 12.7. The Hall–Kier alpha value is -1.60. The van der Waals surface area contributed by atoms with Gasteiger partial charge in [-0.05, 0) is 55.9 Å². The molecule has 6 nitrogen and oxygen atoms in total. The molecule has 0 saturated heterocycles. The molecule has 116 valence electrons. The Bertz CT molecular complexity index is 617. The molecule has 0 aromatic heterocycles. The second-order valence-electron chi connectivity index (χ2n) is 5.76. The molecule has 1 aliphatic carbocycles. The van der Waals surface area contributed by atoms with Gasteiger partial charge >= 0.3 is 5.97 Å². The lowest BCUT2D eigenvalue weighted by Gasteiger charge is -2.37. The van der Waals surface area contributed by atoms with Crippen LogP contribution in [0.25, 0.3) is 0 Å². The van der Waals surface area contributed by atoms with Crippen molar-refractivity contribution in [1.29, 1.82) is 0 Å². The Morgan fingerprint density at radius 2 is 1.81 bits per heavy atom. The van der Waals surface area contributed by atoms with E-state index in [0.717, 1.165) is 12.8 Å². The van der Waals surface area contributed by atoms with Gasteiger partial charge in [0.25, 0.3) is 0 Å². The number of carboxylic acid groups (broad SMARTS) is 1. The number of nitrogens with two attached hydrogens (primary N) is 1. The summed E-state index contributed by atoms with van der Waals surface area (Å²) >= 11 is 0. The predicted octanol–water partition coefficient (Wildman–Crippen LogP) is 1.78. The summed E-state index contributed by atoms with van der Waals surface area (Å²) in [6.07, 6.45) is 2.82. The van der Waals surface area contributed by atoms with Crippen LogP contribution in [0.1, 0.15) is 32.6 Å². The van der Waals surface area contributed by atoms with E-state index < -0.39 is 21.5 Å². The van der Waals surface area contributed by atoms with Crippen molar-refractivity contribution in [1.82, 2.24) is 0 Å². The maximum absolute atomic E-state index is 11.6. The molecule has 0 radical (unpaired) electrons. The van der Waals surface area contributed by atoms with Crippen LogP contribution in [0.4, 0.5) is 5.69 Å². The van der Waals surface area contributed by atoms with Gasteiger partial charge in [-0.25, -0.2) is 18.4 Å². The highest BCUT2D eigenvalue weighted by Gasteiger charge is 2.41. The lowest BCUT2D eigenvalue weighted by Crippen LogP contribution is -2.48. The molecular formula is C14H20N2O4S. The highest BCUT2D eigenvalue weighted by molar-refractivity contribution is 7.89. The molecule has 0 bridgehead atoms. The molecule has 0 unspecified atom stereocenters. The van der Waals surface area contributed by atoms with Crippen LogP contribution in [-0.4, -0.2) is 25.0 Å². The van der Waals surface area contributed by atoms with Crippen molar-refractivity contribution < 1.29 is 18.3 Å². The molecular weight excluding hydrogens is 292 g/mol. The van der Waals surface area contributed by atoms with Gasteiger partial charge in [0.2, 0.25) is 10.0 Å². The van der Waals surface area contributed by atoms with Crippen LogP contribution in [0.2, 0.25) is 0 Å². The molecule has 21 heavy (non-hydrogen) atoms. The standard InChI is InChI=1S/C14H20N2O4S/c1-10-6-8-14(9-7-10,13(17)18)16-11-2-4-12(5-3-11)21(15,19)20/h2-5,10,16H,6-9H2,1H3,(H,17,18)(H2,15,19,20). The Balaban J connectivity index is 2.20. The smallest absolute Gasteiger partial charge is 0.329 e. The normalized spacial score (nSPS) is 26.3. The molecule has 0 atom stereocenters. The van der Waals surface area contributed by atoms with Gasteiger partial charge in [-0.1, -0.05) is 6.92 Å². The lowest BCUT2D eigenvalue weighted by molar-refractivity contribution is -0.143. The van der Waals surface area contributed by atoms with E-state index in [1.165, 1.54) is 12.1 Å². The number of anilines is 1. The summed E-state index contributed by atoms with van der Waals surface area (Å²) in [5, 5.41) is 17.6. The third-order valence-electron chi connectivity index (χ3n) is 4.10. The van der Waals surface area contributed by atoms with E-state index in [2.05, 4.69) is 12.2 Å². The summed E-state index contributed by atoms with van der Waals surface area (Å²) in [5.41, 5.74) is -0.394. The van der Waals surface area contributed by atoms with Crippen LogP contribution in [0, 0.1) is 5.92 Å². The number of hydrogen-bond acceptors (Lipinski definition) is 4. The number of carbonyl (C=O) groups is 1. The van der Waals surface area contributed by atoms with E-state index >= 15 is 0 Å². The molecule has 1 fully saturated rings. The van der Waals surface area contributed by atoms with Gasteiger partial charge in [-0.15, -0.1) is 0 Å². The number of carboxylic acids is 1. The first-order chi connectivity index (χ1) is 9.73. The third kappa shape index (κ3) is 3.54. The fraction of sp³-hybridized carbons (Fsp3) is 0.500. The van der Waals surface area contributed by atoms with Gasteiger partial charge in [-0.3, -0.25) is 0 Å². The van der Waals surface area contributed by atoms with Gasteiger partial charge in [0.05, 0.1) is 4.90 Å². The van der Waals surface area contributed by atoms with Crippen LogP contribution in [0.5, 0.6) is 0 Å². The highest BCUT2D eigenvalue weighted by atomic mass is 32.2. The monoisotopic (exact) mass is 312 g/mol. The van der Waals surface area contributed by atoms with Gasteiger partial charge in [0.1, 0.15) is 5.54 Å². The average molecular weight is 312 g/mol. The van der Waals surface area contributed by atoms with Crippen LogP contribution >= 0.6 is 0 Å². The number of hydrogen-bond donors (Lipinski definition) is 3. The third-order valence-corrected chi connectivity index (χ3v) is 5.03. The summed E-state index contributed by atoms with van der Waals surface area (Å²) in [6.45, 7) is 2.12. The molecule has 2 rings (SSSR count). The van der Waals surface area contributed by atoms with Gasteiger partial charge < -0.3 is 10.4 Å². The number of aliphatic carboxylic acids is 1. The second kappa shape index (κ2) is 5.65. The first-order valence-electron chi connectivity index (χ1n) is 6.87. The van der Waals surface area contributed by atoms with Crippen molar-refractivity contribution in [3.8, 4) is 0 Å². The molecule has 1 saturated carbocycles. The largest absolute Gasteiger partial charge is 0.480 e. The summed E-state index contributed by atoms with van der Waals surface area (Å²) in [7, 11) is -3.74. The molecule has 4 N–H and O–H groups in total. The quantitative estimate of drug-likeness (QED) is 0.785. The molecule has 1 aromatic carbocycles. The van der Waals surface area contributed by atoms with Gasteiger partial charge in [0, 0.05) is 5.69 Å². The average Bonchev–Trinajstić information content (AvgIpc) is 2.41. The summed E-state index contributed by atoms with van der Waals surface area (Å²) < 4.78 is 22.4.